The molecule has 2 aliphatic rings. The largest absolute Gasteiger partial charge is 0.375 e. The van der Waals surface area contributed by atoms with Gasteiger partial charge < -0.3 is 14.5 Å². The molecule has 0 bridgehead atoms. The lowest BCUT2D eigenvalue weighted by atomic mass is 9.95. The highest BCUT2D eigenvalue weighted by Gasteiger charge is 2.35. The Balaban J connectivity index is 1.66. The van der Waals surface area contributed by atoms with Crippen LogP contribution in [0.1, 0.15) is 36.4 Å². The first kappa shape index (κ1) is 16.5. The van der Waals surface area contributed by atoms with Gasteiger partial charge in [-0.15, -0.1) is 11.3 Å². The van der Waals surface area contributed by atoms with E-state index < -0.39 is 0 Å². The van der Waals surface area contributed by atoms with Gasteiger partial charge in [0.2, 0.25) is 5.91 Å². The highest BCUT2D eigenvalue weighted by Crippen LogP contribution is 2.24. The summed E-state index contributed by atoms with van der Waals surface area (Å²) in [4.78, 5) is 30.0. The van der Waals surface area contributed by atoms with Crippen molar-refractivity contribution in [1.29, 1.82) is 0 Å². The van der Waals surface area contributed by atoms with Crippen molar-refractivity contribution < 1.29 is 14.3 Å². The molecule has 0 aromatic carbocycles. The summed E-state index contributed by atoms with van der Waals surface area (Å²) in [5.41, 5.74) is 0. The minimum atomic E-state index is -0.0830. The Labute approximate surface area is 141 Å². The number of hydrogen-bond acceptors (Lipinski definition) is 4. The van der Waals surface area contributed by atoms with E-state index in [1.807, 2.05) is 41.2 Å². The molecule has 2 fully saturated rings. The molecule has 23 heavy (non-hydrogen) atoms. The van der Waals surface area contributed by atoms with E-state index in [2.05, 4.69) is 0 Å². The van der Waals surface area contributed by atoms with Crippen molar-refractivity contribution in [3.8, 4) is 0 Å². The molecule has 3 heterocycles. The maximum atomic E-state index is 12.9. The summed E-state index contributed by atoms with van der Waals surface area (Å²) in [5, 5.41) is 1.91. The first-order valence-corrected chi connectivity index (χ1v) is 9.19. The molecule has 0 spiro atoms. The highest BCUT2D eigenvalue weighted by atomic mass is 32.1. The molecule has 3 atom stereocenters. The van der Waals surface area contributed by atoms with Crippen LogP contribution in [0.2, 0.25) is 0 Å². The number of nitrogens with zero attached hydrogens (tertiary/aromatic N) is 2. The van der Waals surface area contributed by atoms with E-state index in [1.54, 1.807) is 0 Å². The van der Waals surface area contributed by atoms with Crippen LogP contribution in [0.15, 0.2) is 17.5 Å². The summed E-state index contributed by atoms with van der Waals surface area (Å²) in [6.07, 6.45) is 1.84. The van der Waals surface area contributed by atoms with Crippen LogP contribution in [-0.4, -0.2) is 60.0 Å². The normalized spacial score (nSPS) is 28.7. The van der Waals surface area contributed by atoms with E-state index >= 15 is 0 Å². The molecule has 2 saturated heterocycles. The van der Waals surface area contributed by atoms with Crippen molar-refractivity contribution in [1.82, 2.24) is 9.80 Å². The second kappa shape index (κ2) is 7.01. The lowest BCUT2D eigenvalue weighted by molar-refractivity contribution is -0.149. The van der Waals surface area contributed by atoms with Gasteiger partial charge in [-0.25, -0.2) is 0 Å². The Morgan fingerprint density at radius 3 is 2.87 bits per heavy atom. The van der Waals surface area contributed by atoms with Crippen molar-refractivity contribution >= 4 is 23.2 Å². The molecule has 3 rings (SSSR count). The fourth-order valence-electron chi connectivity index (χ4n) is 3.36. The maximum Gasteiger partial charge on any atom is 0.263 e. The first-order chi connectivity index (χ1) is 11.1. The van der Waals surface area contributed by atoms with Gasteiger partial charge in [-0.05, 0) is 38.1 Å². The third kappa shape index (κ3) is 3.58. The number of carbonyl (C=O) groups is 2. The number of thiophene rings is 1. The zero-order valence-corrected chi connectivity index (χ0v) is 14.6. The molecule has 1 aromatic heterocycles. The predicted octanol–water partition coefficient (Wildman–Crippen LogP) is 2.24. The van der Waals surface area contributed by atoms with Crippen molar-refractivity contribution in [2.75, 3.05) is 26.2 Å². The van der Waals surface area contributed by atoms with Crippen LogP contribution >= 0.6 is 11.3 Å². The predicted molar refractivity (Wildman–Crippen MR) is 89.5 cm³/mol. The van der Waals surface area contributed by atoms with Gasteiger partial charge in [0.15, 0.2) is 0 Å². The number of carbonyl (C=O) groups excluding carboxylic acids is 2. The third-order valence-electron chi connectivity index (χ3n) is 4.68. The third-order valence-corrected chi connectivity index (χ3v) is 5.54. The van der Waals surface area contributed by atoms with Gasteiger partial charge in [0.25, 0.3) is 5.91 Å². The van der Waals surface area contributed by atoms with Crippen molar-refractivity contribution in [2.45, 2.75) is 38.8 Å². The van der Waals surface area contributed by atoms with Gasteiger partial charge in [-0.1, -0.05) is 6.07 Å². The van der Waals surface area contributed by atoms with E-state index in [9.17, 15) is 9.59 Å². The van der Waals surface area contributed by atoms with Crippen LogP contribution in [0.4, 0.5) is 0 Å². The van der Waals surface area contributed by atoms with E-state index in [4.69, 9.17) is 4.74 Å². The topological polar surface area (TPSA) is 49.9 Å². The molecular formula is C17H24N2O3S. The summed E-state index contributed by atoms with van der Waals surface area (Å²) < 4.78 is 5.61. The minimum absolute atomic E-state index is 0.0564. The smallest absolute Gasteiger partial charge is 0.263 e. The van der Waals surface area contributed by atoms with E-state index in [0.717, 1.165) is 24.3 Å². The number of piperidine rings is 1. The molecule has 0 saturated carbocycles. The van der Waals surface area contributed by atoms with Crippen LogP contribution in [-0.2, 0) is 9.53 Å². The quantitative estimate of drug-likeness (QED) is 0.832. The molecular weight excluding hydrogens is 312 g/mol. The lowest BCUT2D eigenvalue weighted by Crippen LogP contribution is -2.54. The molecule has 5 nitrogen and oxygen atoms in total. The Kier molecular flexibility index (Phi) is 5.02. The Hall–Kier alpha value is -1.40. The molecule has 0 N–H and O–H groups in total. The second-order valence-corrected chi connectivity index (χ2v) is 7.50. The van der Waals surface area contributed by atoms with Crippen LogP contribution in [0.25, 0.3) is 0 Å². The zero-order valence-electron chi connectivity index (χ0n) is 13.7. The molecule has 6 heteroatoms. The summed E-state index contributed by atoms with van der Waals surface area (Å²) in [5.74, 6) is 0.151. The van der Waals surface area contributed by atoms with E-state index in [1.165, 1.54) is 11.3 Å². The number of ether oxygens (including phenoxy) is 1. The van der Waals surface area contributed by atoms with E-state index in [0.29, 0.717) is 19.7 Å². The van der Waals surface area contributed by atoms with Crippen molar-refractivity contribution in [2.24, 2.45) is 5.92 Å². The fourth-order valence-corrected chi connectivity index (χ4v) is 4.05. The summed E-state index contributed by atoms with van der Waals surface area (Å²) in [6, 6.07) is 3.85. The average molecular weight is 336 g/mol. The van der Waals surface area contributed by atoms with Crippen LogP contribution in [0, 0.1) is 5.92 Å². The van der Waals surface area contributed by atoms with Crippen LogP contribution in [0.3, 0.4) is 0 Å². The lowest BCUT2D eigenvalue weighted by Gasteiger charge is -2.41. The highest BCUT2D eigenvalue weighted by molar-refractivity contribution is 7.12. The van der Waals surface area contributed by atoms with Gasteiger partial charge in [0, 0.05) is 19.6 Å². The van der Waals surface area contributed by atoms with E-state index in [-0.39, 0.29) is 29.9 Å². The van der Waals surface area contributed by atoms with Crippen LogP contribution in [0.5, 0.6) is 0 Å². The Morgan fingerprint density at radius 1 is 1.30 bits per heavy atom. The SMILES string of the molecule is C[C@@H]1CN(C(=O)[C@H]2CCCN(C(=O)c3cccs3)C2)[C@H](C)CO1. The minimum Gasteiger partial charge on any atom is -0.375 e. The molecule has 2 amide bonds. The number of morpholine rings is 1. The maximum absolute atomic E-state index is 12.9. The molecule has 0 radical (unpaired) electrons. The zero-order chi connectivity index (χ0) is 16.4. The summed E-state index contributed by atoms with van der Waals surface area (Å²) in [7, 11) is 0. The van der Waals surface area contributed by atoms with Gasteiger partial charge in [-0.3, -0.25) is 9.59 Å². The molecule has 0 unspecified atom stereocenters. The summed E-state index contributed by atoms with van der Waals surface area (Å²) in [6.45, 7) is 6.55. The number of amides is 2. The Bertz CT molecular complexity index is 560. The van der Waals surface area contributed by atoms with Crippen molar-refractivity contribution in [3.63, 3.8) is 0 Å². The standard InChI is InChI=1S/C17H24N2O3S/c1-12-11-22-13(2)9-19(12)16(20)14-5-3-7-18(10-14)17(21)15-6-4-8-23-15/h4,6,8,12-14H,3,5,7,9-11H2,1-2H3/t12-,13-,14+/m1/s1. The number of hydrogen-bond donors (Lipinski definition) is 0. The average Bonchev–Trinajstić information content (AvgIpc) is 3.10. The second-order valence-electron chi connectivity index (χ2n) is 6.55. The monoisotopic (exact) mass is 336 g/mol. The van der Waals surface area contributed by atoms with Gasteiger partial charge in [0.05, 0.1) is 29.5 Å². The van der Waals surface area contributed by atoms with Crippen LogP contribution < -0.4 is 0 Å². The first-order valence-electron chi connectivity index (χ1n) is 8.31. The van der Waals surface area contributed by atoms with Crippen molar-refractivity contribution in [3.05, 3.63) is 22.4 Å². The van der Waals surface area contributed by atoms with Gasteiger partial charge in [0.1, 0.15) is 0 Å². The fraction of sp³-hybridized carbons (Fsp3) is 0.647. The van der Waals surface area contributed by atoms with Gasteiger partial charge >= 0.3 is 0 Å². The molecule has 2 aliphatic heterocycles. The summed E-state index contributed by atoms with van der Waals surface area (Å²) >= 11 is 1.46. The molecule has 126 valence electrons. The number of likely N-dealkylation sites (tertiary alicyclic amines) is 1. The Morgan fingerprint density at radius 2 is 2.13 bits per heavy atom. The van der Waals surface area contributed by atoms with Gasteiger partial charge in [-0.2, -0.15) is 0 Å². The molecule has 0 aliphatic carbocycles. The number of rotatable bonds is 2. The molecule has 1 aromatic rings.